The lowest BCUT2D eigenvalue weighted by Gasteiger charge is -1.94. The normalized spacial score (nSPS) is 9.62. The highest BCUT2D eigenvalue weighted by atomic mass is 35.5. The van der Waals surface area contributed by atoms with Crippen molar-refractivity contribution >= 4 is 23.6 Å². The smallest absolute Gasteiger partial charge is 0.330 e. The molecule has 1 rings (SSSR count). The SMILES string of the molecule is COC(=O)/C=C/c1ccc(C#CCCl)cc1. The van der Waals surface area contributed by atoms with E-state index >= 15 is 0 Å². The Hall–Kier alpha value is -1.72. The van der Waals surface area contributed by atoms with Crippen LogP contribution in [0.2, 0.25) is 0 Å². The molecule has 16 heavy (non-hydrogen) atoms. The first kappa shape index (κ1) is 12.4. The molecule has 0 saturated heterocycles. The van der Waals surface area contributed by atoms with Gasteiger partial charge in [-0.25, -0.2) is 4.79 Å². The molecule has 1 aromatic carbocycles. The maximum Gasteiger partial charge on any atom is 0.330 e. The van der Waals surface area contributed by atoms with Gasteiger partial charge in [-0.1, -0.05) is 24.0 Å². The lowest BCUT2D eigenvalue weighted by molar-refractivity contribution is -0.134. The van der Waals surface area contributed by atoms with Gasteiger partial charge in [-0.3, -0.25) is 0 Å². The van der Waals surface area contributed by atoms with E-state index in [2.05, 4.69) is 16.6 Å². The largest absolute Gasteiger partial charge is 0.466 e. The molecule has 2 nitrogen and oxygen atoms in total. The van der Waals surface area contributed by atoms with E-state index in [1.54, 1.807) is 6.08 Å². The highest BCUT2D eigenvalue weighted by Gasteiger charge is 1.92. The molecule has 0 atom stereocenters. The molecule has 0 N–H and O–H groups in total. The lowest BCUT2D eigenvalue weighted by Crippen LogP contribution is -1.93. The van der Waals surface area contributed by atoms with Crippen LogP contribution in [-0.4, -0.2) is 19.0 Å². The Bertz CT molecular complexity index is 435. The molecule has 0 aromatic heterocycles. The molecule has 0 radical (unpaired) electrons. The van der Waals surface area contributed by atoms with Gasteiger partial charge < -0.3 is 4.74 Å². The fraction of sp³-hybridized carbons (Fsp3) is 0.154. The molecule has 0 aliphatic rings. The van der Waals surface area contributed by atoms with Crippen molar-refractivity contribution in [2.24, 2.45) is 0 Å². The molecular formula is C13H11ClO2. The van der Waals surface area contributed by atoms with Crippen LogP contribution in [0.4, 0.5) is 0 Å². The molecule has 0 spiro atoms. The number of hydrogen-bond donors (Lipinski definition) is 0. The molecule has 0 amide bonds. The van der Waals surface area contributed by atoms with E-state index in [4.69, 9.17) is 11.6 Å². The van der Waals surface area contributed by atoms with E-state index in [0.29, 0.717) is 5.88 Å². The Morgan fingerprint density at radius 2 is 2.12 bits per heavy atom. The van der Waals surface area contributed by atoms with Crippen LogP contribution in [0.3, 0.4) is 0 Å². The number of esters is 1. The van der Waals surface area contributed by atoms with Crippen LogP contribution in [0.5, 0.6) is 0 Å². The second-order valence-corrected chi connectivity index (χ2v) is 3.18. The Kier molecular flexibility index (Phi) is 5.18. The van der Waals surface area contributed by atoms with Gasteiger partial charge in [0.05, 0.1) is 13.0 Å². The van der Waals surface area contributed by atoms with Gasteiger partial charge in [0.1, 0.15) is 0 Å². The van der Waals surface area contributed by atoms with Crippen molar-refractivity contribution in [3.05, 3.63) is 41.5 Å². The van der Waals surface area contributed by atoms with Crippen LogP contribution in [0.15, 0.2) is 30.3 Å². The van der Waals surface area contributed by atoms with Crippen molar-refractivity contribution in [1.82, 2.24) is 0 Å². The molecular weight excluding hydrogens is 224 g/mol. The number of halogens is 1. The van der Waals surface area contributed by atoms with Gasteiger partial charge in [0.25, 0.3) is 0 Å². The molecule has 0 saturated carbocycles. The van der Waals surface area contributed by atoms with E-state index in [0.717, 1.165) is 11.1 Å². The fourth-order valence-corrected chi connectivity index (χ4v) is 1.11. The first-order valence-corrected chi connectivity index (χ1v) is 5.20. The zero-order chi connectivity index (χ0) is 11.8. The van der Waals surface area contributed by atoms with E-state index in [9.17, 15) is 4.79 Å². The Labute approximate surface area is 99.9 Å². The van der Waals surface area contributed by atoms with Gasteiger partial charge in [-0.05, 0) is 23.8 Å². The summed E-state index contributed by atoms with van der Waals surface area (Å²) in [5.41, 5.74) is 1.82. The molecule has 0 aliphatic heterocycles. The summed E-state index contributed by atoms with van der Waals surface area (Å²) in [4.78, 5) is 10.8. The Morgan fingerprint density at radius 1 is 1.44 bits per heavy atom. The first-order valence-electron chi connectivity index (χ1n) is 4.67. The molecule has 0 heterocycles. The van der Waals surface area contributed by atoms with E-state index < -0.39 is 0 Å². The van der Waals surface area contributed by atoms with E-state index in [1.807, 2.05) is 24.3 Å². The maximum atomic E-state index is 10.8. The number of carbonyl (C=O) groups excluding carboxylic acids is 1. The third-order valence-electron chi connectivity index (χ3n) is 1.82. The minimum atomic E-state index is -0.369. The number of alkyl halides is 1. The average Bonchev–Trinajstić information content (AvgIpc) is 2.34. The van der Waals surface area contributed by atoms with Crippen molar-refractivity contribution in [1.29, 1.82) is 0 Å². The number of methoxy groups -OCH3 is 1. The topological polar surface area (TPSA) is 26.3 Å². The van der Waals surface area contributed by atoms with Crippen molar-refractivity contribution in [2.45, 2.75) is 0 Å². The minimum Gasteiger partial charge on any atom is -0.466 e. The van der Waals surface area contributed by atoms with Gasteiger partial charge in [0.15, 0.2) is 0 Å². The molecule has 0 bridgehead atoms. The molecule has 0 aliphatic carbocycles. The van der Waals surface area contributed by atoms with Gasteiger partial charge >= 0.3 is 5.97 Å². The van der Waals surface area contributed by atoms with Crippen LogP contribution >= 0.6 is 11.6 Å². The van der Waals surface area contributed by atoms with Gasteiger partial charge in [0, 0.05) is 11.6 Å². The molecule has 3 heteroatoms. The predicted molar refractivity (Wildman–Crippen MR) is 65.1 cm³/mol. The lowest BCUT2D eigenvalue weighted by atomic mass is 10.1. The van der Waals surface area contributed by atoms with E-state index in [-0.39, 0.29) is 5.97 Å². The second-order valence-electron chi connectivity index (χ2n) is 2.91. The first-order chi connectivity index (χ1) is 7.76. The summed E-state index contributed by atoms with van der Waals surface area (Å²) >= 11 is 5.45. The minimum absolute atomic E-state index is 0.323. The quantitative estimate of drug-likeness (QED) is 0.340. The van der Waals surface area contributed by atoms with Gasteiger partial charge in [-0.2, -0.15) is 0 Å². The van der Waals surface area contributed by atoms with Gasteiger partial charge in [-0.15, -0.1) is 11.6 Å². The summed E-state index contributed by atoms with van der Waals surface area (Å²) in [5.74, 6) is 5.62. The van der Waals surface area contributed by atoms with E-state index in [1.165, 1.54) is 13.2 Å². The number of rotatable bonds is 2. The van der Waals surface area contributed by atoms with Crippen molar-refractivity contribution < 1.29 is 9.53 Å². The van der Waals surface area contributed by atoms with Crippen LogP contribution in [0.25, 0.3) is 6.08 Å². The summed E-state index contributed by atoms with van der Waals surface area (Å²) in [5, 5.41) is 0. The molecule has 0 unspecified atom stereocenters. The summed E-state index contributed by atoms with van der Waals surface area (Å²) in [7, 11) is 1.34. The number of carbonyl (C=O) groups is 1. The second kappa shape index (κ2) is 6.71. The zero-order valence-electron chi connectivity index (χ0n) is 8.87. The van der Waals surface area contributed by atoms with Crippen molar-refractivity contribution in [3.8, 4) is 11.8 Å². The summed E-state index contributed by atoms with van der Waals surface area (Å²) < 4.78 is 4.49. The fourth-order valence-electron chi connectivity index (χ4n) is 1.05. The van der Waals surface area contributed by atoms with Crippen molar-refractivity contribution in [3.63, 3.8) is 0 Å². The van der Waals surface area contributed by atoms with Crippen molar-refractivity contribution in [2.75, 3.05) is 13.0 Å². The molecule has 82 valence electrons. The standard InChI is InChI=1S/C13H11ClO2/c1-16-13(15)9-8-12-6-4-11(5-7-12)3-2-10-14/h4-9H,10H2,1H3/b9-8+. The number of ether oxygens (including phenoxy) is 1. The zero-order valence-corrected chi connectivity index (χ0v) is 9.62. The summed E-state index contributed by atoms with van der Waals surface area (Å²) in [6.07, 6.45) is 3.06. The van der Waals surface area contributed by atoms with Crippen LogP contribution in [0.1, 0.15) is 11.1 Å². The number of benzene rings is 1. The van der Waals surface area contributed by atoms with Crippen LogP contribution in [-0.2, 0) is 9.53 Å². The molecule has 0 fully saturated rings. The highest BCUT2D eigenvalue weighted by molar-refractivity contribution is 6.19. The average molecular weight is 235 g/mol. The number of hydrogen-bond acceptors (Lipinski definition) is 2. The highest BCUT2D eigenvalue weighted by Crippen LogP contribution is 2.05. The Morgan fingerprint density at radius 3 is 2.69 bits per heavy atom. The maximum absolute atomic E-state index is 10.8. The monoisotopic (exact) mass is 234 g/mol. The summed E-state index contributed by atoms with van der Waals surface area (Å²) in [6, 6.07) is 7.49. The van der Waals surface area contributed by atoms with Crippen LogP contribution < -0.4 is 0 Å². The Balaban J connectivity index is 2.72. The third kappa shape index (κ3) is 4.20. The van der Waals surface area contributed by atoms with Crippen LogP contribution in [0, 0.1) is 11.8 Å². The summed E-state index contributed by atoms with van der Waals surface area (Å²) in [6.45, 7) is 0. The predicted octanol–water partition coefficient (Wildman–Crippen LogP) is 2.46. The van der Waals surface area contributed by atoms with Gasteiger partial charge in [0.2, 0.25) is 0 Å². The molecule has 1 aromatic rings. The third-order valence-corrected chi connectivity index (χ3v) is 1.96.